The maximum atomic E-state index is 13.3. The molecule has 0 aliphatic carbocycles. The van der Waals surface area contributed by atoms with Gasteiger partial charge in [0.15, 0.2) is 0 Å². The Balaban J connectivity index is 1.86. The van der Waals surface area contributed by atoms with E-state index in [0.717, 1.165) is 38.1 Å². The maximum Gasteiger partial charge on any atom is 0.123 e. The van der Waals surface area contributed by atoms with Gasteiger partial charge in [0.1, 0.15) is 5.82 Å². The number of fused-ring (bicyclic) bond motifs is 1. The molecule has 1 aliphatic heterocycles. The van der Waals surface area contributed by atoms with E-state index in [1.165, 1.54) is 16.3 Å². The fourth-order valence-electron chi connectivity index (χ4n) is 2.29. The summed E-state index contributed by atoms with van der Waals surface area (Å²) >= 11 is 1.70. The van der Waals surface area contributed by atoms with E-state index in [9.17, 15) is 4.39 Å². The Morgan fingerprint density at radius 1 is 1.29 bits per heavy atom. The minimum absolute atomic E-state index is 0.141. The van der Waals surface area contributed by atoms with Crippen LogP contribution in [0, 0.1) is 5.82 Å². The highest BCUT2D eigenvalue weighted by Crippen LogP contribution is 2.27. The Kier molecular flexibility index (Phi) is 3.09. The topological polar surface area (TPSA) is 15.3 Å². The molecule has 3 rings (SSSR count). The zero-order valence-corrected chi connectivity index (χ0v) is 10.4. The zero-order valence-electron chi connectivity index (χ0n) is 9.58. The molecule has 1 aliphatic rings. The van der Waals surface area contributed by atoms with Crippen LogP contribution in [0.3, 0.4) is 0 Å². The van der Waals surface area contributed by atoms with Gasteiger partial charge in [0.05, 0.1) is 0 Å². The highest BCUT2D eigenvalue weighted by atomic mass is 32.1. The smallest absolute Gasteiger partial charge is 0.123 e. The standard InChI is InChI=1S/C13H15FN2S/c14-11-1-2-13-12(7-11)10(9-17-13)8-16-5-3-15-4-6-16/h1-2,7,9,15H,3-6,8H2. The summed E-state index contributed by atoms with van der Waals surface area (Å²) in [7, 11) is 0. The van der Waals surface area contributed by atoms with Crippen LogP contribution in [0.2, 0.25) is 0 Å². The van der Waals surface area contributed by atoms with Crippen LogP contribution >= 0.6 is 11.3 Å². The van der Waals surface area contributed by atoms with Gasteiger partial charge >= 0.3 is 0 Å². The summed E-state index contributed by atoms with van der Waals surface area (Å²) in [5, 5.41) is 6.58. The Hall–Kier alpha value is -0.970. The molecular formula is C13H15FN2S. The average Bonchev–Trinajstić information content (AvgIpc) is 2.73. The van der Waals surface area contributed by atoms with E-state index in [0.29, 0.717) is 0 Å². The molecular weight excluding hydrogens is 235 g/mol. The second-order valence-corrected chi connectivity index (χ2v) is 5.34. The first-order chi connectivity index (χ1) is 8.33. The monoisotopic (exact) mass is 250 g/mol. The number of hydrogen-bond acceptors (Lipinski definition) is 3. The number of halogens is 1. The number of piperazine rings is 1. The number of benzene rings is 1. The Morgan fingerprint density at radius 3 is 2.94 bits per heavy atom. The minimum atomic E-state index is -0.141. The van der Waals surface area contributed by atoms with Crippen molar-refractivity contribution in [2.45, 2.75) is 6.54 Å². The van der Waals surface area contributed by atoms with Crippen LogP contribution in [0.4, 0.5) is 4.39 Å². The van der Waals surface area contributed by atoms with E-state index in [2.05, 4.69) is 15.6 Å². The molecule has 0 saturated carbocycles. The van der Waals surface area contributed by atoms with Crippen molar-refractivity contribution in [3.8, 4) is 0 Å². The summed E-state index contributed by atoms with van der Waals surface area (Å²) in [5.74, 6) is -0.141. The summed E-state index contributed by atoms with van der Waals surface area (Å²) in [6, 6.07) is 5.06. The number of nitrogens with one attached hydrogen (secondary N) is 1. The lowest BCUT2D eigenvalue weighted by atomic mass is 10.1. The quantitative estimate of drug-likeness (QED) is 0.880. The first-order valence-electron chi connectivity index (χ1n) is 5.91. The van der Waals surface area contributed by atoms with Gasteiger partial charge in [0.2, 0.25) is 0 Å². The molecule has 1 fully saturated rings. The summed E-state index contributed by atoms with van der Waals surface area (Å²) < 4.78 is 14.4. The van der Waals surface area contributed by atoms with Gasteiger partial charge in [0.25, 0.3) is 0 Å². The van der Waals surface area contributed by atoms with Gasteiger partial charge in [0, 0.05) is 37.4 Å². The Bertz CT molecular complexity index is 517. The molecule has 0 amide bonds. The maximum absolute atomic E-state index is 13.3. The summed E-state index contributed by atoms with van der Waals surface area (Å²) in [6.45, 7) is 5.19. The first-order valence-corrected chi connectivity index (χ1v) is 6.79. The predicted octanol–water partition coefficient (Wildman–Crippen LogP) is 2.45. The summed E-state index contributed by atoms with van der Waals surface area (Å²) in [6.07, 6.45) is 0. The summed E-state index contributed by atoms with van der Waals surface area (Å²) in [5.41, 5.74) is 1.26. The van der Waals surface area contributed by atoms with Crippen molar-refractivity contribution < 1.29 is 4.39 Å². The van der Waals surface area contributed by atoms with Gasteiger partial charge < -0.3 is 5.32 Å². The van der Waals surface area contributed by atoms with E-state index in [4.69, 9.17) is 0 Å². The molecule has 0 unspecified atom stereocenters. The van der Waals surface area contributed by atoms with Gasteiger partial charge in [-0.15, -0.1) is 11.3 Å². The predicted molar refractivity (Wildman–Crippen MR) is 69.9 cm³/mol. The van der Waals surface area contributed by atoms with E-state index < -0.39 is 0 Å². The molecule has 4 heteroatoms. The highest BCUT2D eigenvalue weighted by Gasteiger charge is 2.12. The van der Waals surface area contributed by atoms with E-state index >= 15 is 0 Å². The molecule has 1 aromatic carbocycles. The van der Waals surface area contributed by atoms with E-state index in [1.807, 2.05) is 6.07 Å². The van der Waals surface area contributed by atoms with Crippen molar-refractivity contribution in [3.05, 3.63) is 35.0 Å². The third-order valence-corrected chi connectivity index (χ3v) is 4.23. The van der Waals surface area contributed by atoms with Crippen LogP contribution in [0.15, 0.2) is 23.6 Å². The molecule has 2 aromatic rings. The lowest BCUT2D eigenvalue weighted by Gasteiger charge is -2.26. The van der Waals surface area contributed by atoms with Gasteiger partial charge in [-0.25, -0.2) is 4.39 Å². The molecule has 17 heavy (non-hydrogen) atoms. The molecule has 0 atom stereocenters. The van der Waals surface area contributed by atoms with Crippen LogP contribution in [0.1, 0.15) is 5.56 Å². The number of thiophene rings is 1. The lowest BCUT2D eigenvalue weighted by molar-refractivity contribution is 0.234. The molecule has 2 nitrogen and oxygen atoms in total. The van der Waals surface area contributed by atoms with E-state index in [-0.39, 0.29) is 5.82 Å². The number of hydrogen-bond donors (Lipinski definition) is 1. The Labute approximate surface area is 104 Å². The van der Waals surface area contributed by atoms with Gasteiger partial charge in [-0.1, -0.05) is 0 Å². The largest absolute Gasteiger partial charge is 0.314 e. The Morgan fingerprint density at radius 2 is 2.12 bits per heavy atom. The second kappa shape index (κ2) is 4.72. The van der Waals surface area contributed by atoms with Crippen LogP contribution in [0.5, 0.6) is 0 Å². The molecule has 1 aromatic heterocycles. The number of nitrogens with zero attached hydrogens (tertiary/aromatic N) is 1. The van der Waals surface area contributed by atoms with Crippen molar-refractivity contribution in [1.29, 1.82) is 0 Å². The van der Waals surface area contributed by atoms with Gasteiger partial charge in [-0.3, -0.25) is 4.90 Å². The first kappa shape index (κ1) is 11.1. The van der Waals surface area contributed by atoms with Crippen molar-refractivity contribution in [3.63, 3.8) is 0 Å². The van der Waals surface area contributed by atoms with Crippen molar-refractivity contribution in [1.82, 2.24) is 10.2 Å². The molecule has 90 valence electrons. The third kappa shape index (κ3) is 2.34. The summed E-state index contributed by atoms with van der Waals surface area (Å²) in [4.78, 5) is 2.42. The number of rotatable bonds is 2. The molecule has 1 saturated heterocycles. The third-order valence-electron chi connectivity index (χ3n) is 3.22. The minimum Gasteiger partial charge on any atom is -0.314 e. The second-order valence-electron chi connectivity index (χ2n) is 4.43. The normalized spacial score (nSPS) is 17.7. The van der Waals surface area contributed by atoms with Crippen molar-refractivity contribution in [2.24, 2.45) is 0 Å². The molecule has 2 heterocycles. The lowest BCUT2D eigenvalue weighted by Crippen LogP contribution is -2.42. The highest BCUT2D eigenvalue weighted by molar-refractivity contribution is 7.17. The van der Waals surface area contributed by atoms with E-state index in [1.54, 1.807) is 17.4 Å². The van der Waals surface area contributed by atoms with Gasteiger partial charge in [-0.2, -0.15) is 0 Å². The van der Waals surface area contributed by atoms with Crippen molar-refractivity contribution in [2.75, 3.05) is 26.2 Å². The molecule has 0 spiro atoms. The molecule has 1 N–H and O–H groups in total. The van der Waals surface area contributed by atoms with Crippen LogP contribution in [0.25, 0.3) is 10.1 Å². The SMILES string of the molecule is Fc1ccc2scc(CN3CCNCC3)c2c1. The van der Waals surface area contributed by atoms with Crippen molar-refractivity contribution >= 4 is 21.4 Å². The molecule has 0 radical (unpaired) electrons. The van der Waals surface area contributed by atoms with Gasteiger partial charge in [-0.05, 0) is 34.5 Å². The fourth-order valence-corrected chi connectivity index (χ4v) is 3.22. The zero-order chi connectivity index (χ0) is 11.7. The van der Waals surface area contributed by atoms with Crippen LogP contribution < -0.4 is 5.32 Å². The van der Waals surface area contributed by atoms with Crippen LogP contribution in [-0.4, -0.2) is 31.1 Å². The van der Waals surface area contributed by atoms with Crippen LogP contribution in [-0.2, 0) is 6.54 Å². The fraction of sp³-hybridized carbons (Fsp3) is 0.385. The average molecular weight is 250 g/mol. The molecule has 0 bridgehead atoms.